The molecule has 1 heterocycles. The van der Waals surface area contributed by atoms with Crippen LogP contribution in [0.25, 0.3) is 0 Å². The highest BCUT2D eigenvalue weighted by atomic mass is 35.5. The molecule has 0 spiro atoms. The molecule has 2 rings (SSSR count). The van der Waals surface area contributed by atoms with Gasteiger partial charge in [0.05, 0.1) is 31.2 Å². The molecule has 0 atom stereocenters. The molecule has 0 aliphatic rings. The van der Waals surface area contributed by atoms with E-state index in [-0.39, 0.29) is 24.4 Å². The maximum absolute atomic E-state index is 12.8. The van der Waals surface area contributed by atoms with Crippen LogP contribution in [-0.2, 0) is 26.1 Å². The van der Waals surface area contributed by atoms with Gasteiger partial charge in [-0.3, -0.25) is 4.79 Å². The molecule has 0 saturated heterocycles. The number of halogens is 1. The first-order valence-corrected chi connectivity index (χ1v) is 8.60. The highest BCUT2D eigenvalue weighted by molar-refractivity contribution is 7.89. The van der Waals surface area contributed by atoms with Crippen LogP contribution in [0.1, 0.15) is 12.2 Å². The lowest BCUT2D eigenvalue weighted by atomic mass is 10.4. The number of ether oxygens (including phenoxy) is 1. The Morgan fingerprint density at radius 1 is 1.26 bits per heavy atom. The van der Waals surface area contributed by atoms with Crippen molar-refractivity contribution in [3.8, 4) is 0 Å². The first-order valence-electron chi connectivity index (χ1n) is 6.78. The van der Waals surface area contributed by atoms with E-state index >= 15 is 0 Å². The molecule has 6 nitrogen and oxygen atoms in total. The Morgan fingerprint density at radius 2 is 1.96 bits per heavy atom. The van der Waals surface area contributed by atoms with E-state index in [9.17, 15) is 13.2 Å². The Hall–Kier alpha value is -1.83. The largest absolute Gasteiger partial charge is 0.469 e. The van der Waals surface area contributed by atoms with Gasteiger partial charge in [0.25, 0.3) is 0 Å². The number of methoxy groups -OCH3 is 1. The molecule has 0 N–H and O–H groups in total. The lowest BCUT2D eigenvalue weighted by Gasteiger charge is -2.20. The molecule has 0 fully saturated rings. The van der Waals surface area contributed by atoms with Gasteiger partial charge in [-0.1, -0.05) is 11.6 Å². The van der Waals surface area contributed by atoms with E-state index in [1.165, 1.54) is 41.9 Å². The summed E-state index contributed by atoms with van der Waals surface area (Å²) in [5.41, 5.74) is 0. The molecule has 0 unspecified atom stereocenters. The number of furan rings is 1. The lowest BCUT2D eigenvalue weighted by molar-refractivity contribution is -0.140. The summed E-state index contributed by atoms with van der Waals surface area (Å²) in [6.07, 6.45) is 1.41. The SMILES string of the molecule is COC(=O)CCN(Cc1ccco1)S(=O)(=O)c1ccc(Cl)cc1. The first kappa shape index (κ1) is 17.5. The highest BCUT2D eigenvalue weighted by Gasteiger charge is 2.26. The maximum Gasteiger partial charge on any atom is 0.306 e. The topological polar surface area (TPSA) is 76.8 Å². The van der Waals surface area contributed by atoms with Crippen molar-refractivity contribution in [3.05, 3.63) is 53.4 Å². The summed E-state index contributed by atoms with van der Waals surface area (Å²) in [7, 11) is -2.53. The summed E-state index contributed by atoms with van der Waals surface area (Å²) in [5, 5.41) is 0.441. The van der Waals surface area contributed by atoms with Gasteiger partial charge in [-0.2, -0.15) is 4.31 Å². The highest BCUT2D eigenvalue weighted by Crippen LogP contribution is 2.21. The number of benzene rings is 1. The van der Waals surface area contributed by atoms with Gasteiger partial charge < -0.3 is 9.15 Å². The summed E-state index contributed by atoms with van der Waals surface area (Å²) < 4.78 is 36.5. The summed E-state index contributed by atoms with van der Waals surface area (Å²) in [6, 6.07) is 9.18. The number of rotatable bonds is 7. The fourth-order valence-electron chi connectivity index (χ4n) is 1.93. The second kappa shape index (κ2) is 7.63. The van der Waals surface area contributed by atoms with Gasteiger partial charge in [0.1, 0.15) is 5.76 Å². The molecular weight excluding hydrogens is 342 g/mol. The third-order valence-electron chi connectivity index (χ3n) is 3.16. The number of sulfonamides is 1. The smallest absolute Gasteiger partial charge is 0.306 e. The van der Waals surface area contributed by atoms with E-state index < -0.39 is 16.0 Å². The normalized spacial score (nSPS) is 11.6. The van der Waals surface area contributed by atoms with Gasteiger partial charge in [0, 0.05) is 11.6 Å². The number of nitrogens with zero attached hydrogens (tertiary/aromatic N) is 1. The molecule has 1 aromatic heterocycles. The zero-order valence-electron chi connectivity index (χ0n) is 12.4. The van der Waals surface area contributed by atoms with E-state index in [0.717, 1.165) is 0 Å². The minimum atomic E-state index is -3.79. The quantitative estimate of drug-likeness (QED) is 0.712. The van der Waals surface area contributed by atoms with Crippen LogP contribution in [0.15, 0.2) is 52.0 Å². The fraction of sp³-hybridized carbons (Fsp3) is 0.267. The molecule has 124 valence electrons. The summed E-state index contributed by atoms with van der Waals surface area (Å²) in [4.78, 5) is 11.4. The molecule has 0 aliphatic heterocycles. The van der Waals surface area contributed by atoms with E-state index in [4.69, 9.17) is 16.0 Å². The van der Waals surface area contributed by atoms with Crippen molar-refractivity contribution in [2.75, 3.05) is 13.7 Å². The maximum atomic E-state index is 12.8. The number of hydrogen-bond acceptors (Lipinski definition) is 5. The third kappa shape index (κ3) is 4.57. The van der Waals surface area contributed by atoms with Crippen LogP contribution >= 0.6 is 11.6 Å². The zero-order valence-corrected chi connectivity index (χ0v) is 14.0. The van der Waals surface area contributed by atoms with Crippen molar-refractivity contribution >= 4 is 27.6 Å². The standard InChI is InChI=1S/C15H16ClNO5S/c1-21-15(18)8-9-17(11-13-3-2-10-22-13)23(19,20)14-6-4-12(16)5-7-14/h2-7,10H,8-9,11H2,1H3. The van der Waals surface area contributed by atoms with Gasteiger partial charge in [-0.25, -0.2) is 8.42 Å². The summed E-state index contributed by atoms with van der Waals surface area (Å²) >= 11 is 5.79. The summed E-state index contributed by atoms with van der Waals surface area (Å²) in [6.45, 7) is 0.00723. The molecule has 2 aromatic rings. The van der Waals surface area contributed by atoms with E-state index in [0.29, 0.717) is 10.8 Å². The molecule has 0 bridgehead atoms. The number of carbonyl (C=O) groups is 1. The molecule has 23 heavy (non-hydrogen) atoms. The van der Waals surface area contributed by atoms with Crippen molar-refractivity contribution in [2.45, 2.75) is 17.9 Å². The van der Waals surface area contributed by atoms with Crippen LogP contribution in [0.3, 0.4) is 0 Å². The Bertz CT molecular complexity index is 741. The van der Waals surface area contributed by atoms with Crippen molar-refractivity contribution in [1.82, 2.24) is 4.31 Å². The number of esters is 1. The average molecular weight is 358 g/mol. The van der Waals surface area contributed by atoms with Crippen LogP contribution in [0.5, 0.6) is 0 Å². The van der Waals surface area contributed by atoms with Crippen LogP contribution in [0.4, 0.5) is 0 Å². The van der Waals surface area contributed by atoms with Gasteiger partial charge in [-0.05, 0) is 36.4 Å². The molecule has 8 heteroatoms. The van der Waals surface area contributed by atoms with Gasteiger partial charge in [0.15, 0.2) is 0 Å². The minimum absolute atomic E-state index is 0.0155. The molecular formula is C15H16ClNO5S. The van der Waals surface area contributed by atoms with Gasteiger partial charge >= 0.3 is 5.97 Å². The van der Waals surface area contributed by atoms with E-state index in [1.54, 1.807) is 12.1 Å². The predicted molar refractivity (Wildman–Crippen MR) is 84.4 cm³/mol. The van der Waals surface area contributed by atoms with Crippen molar-refractivity contribution in [1.29, 1.82) is 0 Å². The van der Waals surface area contributed by atoms with Crippen LogP contribution < -0.4 is 0 Å². The second-order valence-electron chi connectivity index (χ2n) is 4.70. The first-order chi connectivity index (χ1) is 10.9. The van der Waals surface area contributed by atoms with Crippen LogP contribution in [0, 0.1) is 0 Å². The second-order valence-corrected chi connectivity index (χ2v) is 7.07. The Morgan fingerprint density at radius 3 is 2.52 bits per heavy atom. The average Bonchev–Trinajstić information content (AvgIpc) is 3.04. The lowest BCUT2D eigenvalue weighted by Crippen LogP contribution is -2.32. The fourth-order valence-corrected chi connectivity index (χ4v) is 3.47. The molecule has 0 radical (unpaired) electrons. The van der Waals surface area contributed by atoms with Crippen molar-refractivity contribution < 1.29 is 22.4 Å². The van der Waals surface area contributed by atoms with Crippen LogP contribution in [0.2, 0.25) is 5.02 Å². The van der Waals surface area contributed by atoms with Gasteiger partial charge in [0.2, 0.25) is 10.0 Å². The third-order valence-corrected chi connectivity index (χ3v) is 5.27. The molecule has 1 aromatic carbocycles. The predicted octanol–water partition coefficient (Wildman–Crippen LogP) is 2.69. The van der Waals surface area contributed by atoms with Gasteiger partial charge in [-0.15, -0.1) is 0 Å². The Kier molecular flexibility index (Phi) is 5.81. The Labute approximate surface area is 139 Å². The Balaban J connectivity index is 2.26. The van der Waals surface area contributed by atoms with Crippen molar-refractivity contribution in [2.24, 2.45) is 0 Å². The summed E-state index contributed by atoms with van der Waals surface area (Å²) in [5.74, 6) is -0.00634. The molecule has 0 aliphatic carbocycles. The monoisotopic (exact) mass is 357 g/mol. The molecule has 0 amide bonds. The molecule has 0 saturated carbocycles. The van der Waals surface area contributed by atoms with Crippen molar-refractivity contribution in [3.63, 3.8) is 0 Å². The van der Waals surface area contributed by atoms with E-state index in [2.05, 4.69) is 4.74 Å². The van der Waals surface area contributed by atoms with E-state index in [1.807, 2.05) is 0 Å². The number of hydrogen-bond donors (Lipinski definition) is 0. The van der Waals surface area contributed by atoms with Crippen LogP contribution in [-0.4, -0.2) is 32.3 Å². The minimum Gasteiger partial charge on any atom is -0.469 e. The zero-order chi connectivity index (χ0) is 16.9. The number of carbonyl (C=O) groups excluding carboxylic acids is 1.